The molecule has 0 fully saturated rings. The van der Waals surface area contributed by atoms with E-state index in [-0.39, 0.29) is 48.0 Å². The Bertz CT molecular complexity index is 1190. The minimum atomic E-state index is -1.01. The molecule has 3 aromatic rings. The number of carbonyl (C=O) groups excluding carboxylic acids is 2. The van der Waals surface area contributed by atoms with Crippen molar-refractivity contribution in [2.75, 3.05) is 0 Å². The van der Waals surface area contributed by atoms with Crippen LogP contribution in [0.5, 0.6) is 23.0 Å². The van der Waals surface area contributed by atoms with Gasteiger partial charge in [-0.3, -0.25) is 9.59 Å². The van der Waals surface area contributed by atoms with Crippen molar-refractivity contribution in [3.8, 4) is 23.0 Å². The summed E-state index contributed by atoms with van der Waals surface area (Å²) in [4.78, 5) is 24.9. The molecular formula is C19H15BBr2O8. The molecule has 30 heavy (non-hydrogen) atoms. The van der Waals surface area contributed by atoms with E-state index in [0.29, 0.717) is 0 Å². The molecule has 1 heterocycles. The highest BCUT2D eigenvalue weighted by atomic mass is 79.9. The summed E-state index contributed by atoms with van der Waals surface area (Å²) in [7, 11) is 1.44. The number of fused-ring (bicyclic) bond motifs is 1. The van der Waals surface area contributed by atoms with Crippen LogP contribution in [-0.4, -0.2) is 40.0 Å². The van der Waals surface area contributed by atoms with E-state index in [1.54, 1.807) is 0 Å². The van der Waals surface area contributed by atoms with Crippen LogP contribution in [0.25, 0.3) is 11.0 Å². The van der Waals surface area contributed by atoms with Gasteiger partial charge in [0.1, 0.15) is 13.6 Å². The van der Waals surface area contributed by atoms with Crippen LogP contribution < -0.4 is 5.46 Å². The Labute approximate surface area is 187 Å². The molecule has 0 aliphatic heterocycles. The van der Waals surface area contributed by atoms with Gasteiger partial charge in [0.15, 0.2) is 29.0 Å². The number of furan rings is 1. The lowest BCUT2D eigenvalue weighted by Gasteiger charge is -2.12. The predicted octanol–water partition coefficient (Wildman–Crippen LogP) is 2.89. The molecule has 0 aliphatic carbocycles. The van der Waals surface area contributed by atoms with Gasteiger partial charge >= 0.3 is 5.97 Å². The molecule has 0 bridgehead atoms. The summed E-state index contributed by atoms with van der Waals surface area (Å²) >= 11 is 6.34. The summed E-state index contributed by atoms with van der Waals surface area (Å²) in [5.74, 6) is -3.55. The van der Waals surface area contributed by atoms with Gasteiger partial charge in [0.05, 0.1) is 14.5 Å². The Kier molecular flexibility index (Phi) is 5.79. The van der Waals surface area contributed by atoms with Gasteiger partial charge in [0, 0.05) is 17.9 Å². The van der Waals surface area contributed by atoms with E-state index in [0.717, 1.165) is 0 Å². The van der Waals surface area contributed by atoms with Gasteiger partial charge in [-0.05, 0) is 56.4 Å². The van der Waals surface area contributed by atoms with Crippen molar-refractivity contribution >= 4 is 67.9 Å². The molecule has 0 radical (unpaired) electrons. The summed E-state index contributed by atoms with van der Waals surface area (Å²) < 4.78 is 11.3. The number of benzene rings is 2. The summed E-state index contributed by atoms with van der Waals surface area (Å²) in [6.45, 7) is 2.67. The molecule has 4 N–H and O–H groups in total. The fourth-order valence-electron chi connectivity index (χ4n) is 3.14. The maximum absolute atomic E-state index is 13.5. The highest BCUT2D eigenvalue weighted by molar-refractivity contribution is 9.11. The molecule has 1 unspecified atom stereocenters. The van der Waals surface area contributed by atoms with E-state index < -0.39 is 35.1 Å². The molecule has 0 aliphatic rings. The zero-order valence-electron chi connectivity index (χ0n) is 15.9. The number of ketones is 1. The molecular weight excluding hydrogens is 527 g/mol. The molecule has 3 rings (SSSR count). The normalized spacial score (nSPS) is 12.1. The highest BCUT2D eigenvalue weighted by Gasteiger charge is 2.32. The zero-order valence-corrected chi connectivity index (χ0v) is 19.1. The number of ether oxygens (including phenoxy) is 1. The predicted molar refractivity (Wildman–Crippen MR) is 117 cm³/mol. The molecule has 0 amide bonds. The molecule has 156 valence electrons. The van der Waals surface area contributed by atoms with E-state index in [4.69, 9.17) is 9.15 Å². The number of phenolic OH excluding ortho intramolecular Hbond substituents is 4. The second kappa shape index (κ2) is 7.88. The van der Waals surface area contributed by atoms with Gasteiger partial charge in [0.25, 0.3) is 0 Å². The first-order chi connectivity index (χ1) is 14.0. The first-order valence-corrected chi connectivity index (χ1v) is 10.1. The fraction of sp³-hybridized carbons (Fsp3) is 0.158. The van der Waals surface area contributed by atoms with E-state index in [2.05, 4.69) is 31.9 Å². The van der Waals surface area contributed by atoms with E-state index in [1.807, 2.05) is 0 Å². The lowest BCUT2D eigenvalue weighted by molar-refractivity contribution is -0.146. The third-order valence-corrected chi connectivity index (χ3v) is 5.76. The van der Waals surface area contributed by atoms with Crippen molar-refractivity contribution in [3.05, 3.63) is 38.0 Å². The van der Waals surface area contributed by atoms with E-state index in [9.17, 15) is 30.0 Å². The third kappa shape index (κ3) is 3.52. The lowest BCUT2D eigenvalue weighted by Crippen LogP contribution is -2.13. The number of rotatable bonds is 4. The van der Waals surface area contributed by atoms with Gasteiger partial charge in [-0.25, -0.2) is 0 Å². The van der Waals surface area contributed by atoms with Crippen molar-refractivity contribution in [2.45, 2.75) is 20.0 Å². The summed E-state index contributed by atoms with van der Waals surface area (Å²) in [5.41, 5.74) is -0.0778. The molecule has 0 spiro atoms. The molecule has 11 heteroatoms. The monoisotopic (exact) mass is 540 g/mol. The largest absolute Gasteiger partial charge is 0.506 e. The van der Waals surface area contributed by atoms with Gasteiger partial charge in [-0.2, -0.15) is 0 Å². The average molecular weight is 542 g/mol. The summed E-state index contributed by atoms with van der Waals surface area (Å²) in [5, 5.41) is 40.4. The highest BCUT2D eigenvalue weighted by Crippen LogP contribution is 2.45. The van der Waals surface area contributed by atoms with Crippen molar-refractivity contribution in [1.82, 2.24) is 0 Å². The molecule has 2 aromatic carbocycles. The Morgan fingerprint density at radius 3 is 2.13 bits per heavy atom. The average Bonchev–Trinajstić information content (AvgIpc) is 3.08. The van der Waals surface area contributed by atoms with Crippen LogP contribution in [0.4, 0.5) is 0 Å². The van der Waals surface area contributed by atoms with Gasteiger partial charge in [-0.1, -0.05) is 0 Å². The number of hydrogen-bond acceptors (Lipinski definition) is 8. The van der Waals surface area contributed by atoms with Crippen LogP contribution in [0.3, 0.4) is 0 Å². The minimum absolute atomic E-state index is 0.0575. The van der Waals surface area contributed by atoms with Crippen LogP contribution in [-0.2, 0) is 9.53 Å². The molecule has 1 aromatic heterocycles. The van der Waals surface area contributed by atoms with Crippen LogP contribution in [0.2, 0.25) is 0 Å². The molecule has 0 saturated carbocycles. The van der Waals surface area contributed by atoms with E-state index >= 15 is 0 Å². The maximum atomic E-state index is 13.5. The first kappa shape index (κ1) is 22.0. The topological polar surface area (TPSA) is 137 Å². The molecule has 1 atom stereocenters. The second-order valence-electron chi connectivity index (χ2n) is 6.59. The lowest BCUT2D eigenvalue weighted by atomic mass is 9.86. The van der Waals surface area contributed by atoms with Gasteiger partial charge < -0.3 is 29.6 Å². The minimum Gasteiger partial charge on any atom is -0.506 e. The van der Waals surface area contributed by atoms with E-state index in [1.165, 1.54) is 33.8 Å². The maximum Gasteiger partial charge on any atom is 0.303 e. The second-order valence-corrected chi connectivity index (χ2v) is 8.29. The van der Waals surface area contributed by atoms with Gasteiger partial charge in [-0.15, -0.1) is 0 Å². The molecule has 8 nitrogen and oxygen atoms in total. The Hall–Kier alpha value is -2.66. The molecule has 0 saturated heterocycles. The summed E-state index contributed by atoms with van der Waals surface area (Å²) in [6.07, 6.45) is -1.01. The third-order valence-electron chi connectivity index (χ3n) is 4.55. The Morgan fingerprint density at radius 1 is 1.03 bits per heavy atom. The standard InChI is InChI=1S/C19H15BBr2O8/c1-5(29-6(2)23)18-11(13(24)7-3-8(21)14(25)9(22)4-7)10-12(20)15(26)16(27)17(28)19(10)30-18/h3-5,25-28H,20H2,1-2H3. The van der Waals surface area contributed by atoms with Gasteiger partial charge in [0.2, 0.25) is 11.5 Å². The first-order valence-electron chi connectivity index (χ1n) is 8.55. The zero-order chi connectivity index (χ0) is 22.5. The van der Waals surface area contributed by atoms with Crippen molar-refractivity contribution in [3.63, 3.8) is 0 Å². The number of halogens is 2. The number of esters is 1. The van der Waals surface area contributed by atoms with Crippen LogP contribution in [0.15, 0.2) is 25.5 Å². The number of aromatic hydroxyl groups is 4. The fourth-order valence-corrected chi connectivity index (χ4v) is 4.33. The summed E-state index contributed by atoms with van der Waals surface area (Å²) in [6, 6.07) is 2.77. The van der Waals surface area contributed by atoms with Crippen molar-refractivity contribution < 1.29 is 39.2 Å². The quantitative estimate of drug-likeness (QED) is 0.171. The SMILES string of the molecule is Bc1c(O)c(O)c(O)c2oc(C(C)OC(C)=O)c(C(=O)c3cc(Br)c(O)c(Br)c3)c12. The Balaban J connectivity index is 2.38. The van der Waals surface area contributed by atoms with Crippen molar-refractivity contribution in [2.24, 2.45) is 0 Å². The number of phenols is 4. The van der Waals surface area contributed by atoms with Crippen LogP contribution in [0, 0.1) is 0 Å². The number of carbonyl (C=O) groups is 2. The smallest absolute Gasteiger partial charge is 0.303 e. The Morgan fingerprint density at radius 2 is 1.60 bits per heavy atom. The van der Waals surface area contributed by atoms with Crippen LogP contribution >= 0.6 is 31.9 Å². The number of hydrogen-bond donors (Lipinski definition) is 4. The van der Waals surface area contributed by atoms with Crippen molar-refractivity contribution in [1.29, 1.82) is 0 Å². The van der Waals surface area contributed by atoms with Crippen LogP contribution in [0.1, 0.15) is 41.6 Å².